The number of benzene rings is 1. The zero-order valence-corrected chi connectivity index (χ0v) is 14.5. The summed E-state index contributed by atoms with van der Waals surface area (Å²) in [5, 5.41) is 0. The summed E-state index contributed by atoms with van der Waals surface area (Å²) >= 11 is 0. The molecule has 0 spiro atoms. The Kier molecular flexibility index (Phi) is 4.99. The van der Waals surface area contributed by atoms with Crippen molar-refractivity contribution in [2.24, 2.45) is 11.8 Å². The maximum absolute atomic E-state index is 12.6. The number of hydrogen-bond acceptors (Lipinski definition) is 3. The first-order valence-corrected chi connectivity index (χ1v) is 7.96. The van der Waals surface area contributed by atoms with Crippen molar-refractivity contribution in [2.45, 2.75) is 40.2 Å². The first kappa shape index (κ1) is 16.7. The van der Waals surface area contributed by atoms with Crippen LogP contribution in [0.2, 0.25) is 0 Å². The van der Waals surface area contributed by atoms with Crippen LogP contribution in [-0.4, -0.2) is 31.6 Å². The molecular formula is C18H27NO3. The van der Waals surface area contributed by atoms with E-state index in [1.165, 1.54) is 11.1 Å². The van der Waals surface area contributed by atoms with Gasteiger partial charge in [-0.25, -0.2) is 0 Å². The molecule has 0 N–H and O–H groups in total. The third kappa shape index (κ3) is 2.92. The lowest BCUT2D eigenvalue weighted by Gasteiger charge is -2.41. The van der Waals surface area contributed by atoms with Gasteiger partial charge in [0.15, 0.2) is 11.5 Å². The van der Waals surface area contributed by atoms with E-state index in [9.17, 15) is 4.79 Å². The molecule has 122 valence electrons. The average molecular weight is 305 g/mol. The topological polar surface area (TPSA) is 38.8 Å². The van der Waals surface area contributed by atoms with Crippen LogP contribution in [0.3, 0.4) is 0 Å². The van der Waals surface area contributed by atoms with E-state index in [-0.39, 0.29) is 17.9 Å². The molecule has 1 atom stereocenters. The van der Waals surface area contributed by atoms with E-state index in [4.69, 9.17) is 9.47 Å². The van der Waals surface area contributed by atoms with Crippen LogP contribution in [0.1, 0.15) is 44.9 Å². The van der Waals surface area contributed by atoms with Crippen LogP contribution < -0.4 is 9.47 Å². The molecule has 0 saturated carbocycles. The van der Waals surface area contributed by atoms with Crippen LogP contribution in [0.15, 0.2) is 12.1 Å². The van der Waals surface area contributed by atoms with E-state index in [1.54, 1.807) is 14.2 Å². The summed E-state index contributed by atoms with van der Waals surface area (Å²) in [6, 6.07) is 4.19. The molecule has 0 radical (unpaired) electrons. The van der Waals surface area contributed by atoms with Crippen molar-refractivity contribution in [3.05, 3.63) is 23.3 Å². The Morgan fingerprint density at radius 1 is 1.14 bits per heavy atom. The van der Waals surface area contributed by atoms with Crippen LogP contribution in [0.4, 0.5) is 0 Å². The normalized spacial score (nSPS) is 17.6. The van der Waals surface area contributed by atoms with Gasteiger partial charge < -0.3 is 14.4 Å². The van der Waals surface area contributed by atoms with Crippen molar-refractivity contribution in [3.63, 3.8) is 0 Å². The summed E-state index contributed by atoms with van der Waals surface area (Å²) in [6.07, 6.45) is 0.858. The van der Waals surface area contributed by atoms with Crippen LogP contribution in [0, 0.1) is 11.8 Å². The second-order valence-corrected chi connectivity index (χ2v) is 6.53. The SMILES string of the molecule is COc1cc2c(cc1OC)C(C(C)C)N(C(=O)C(C)C)CC2. The zero-order chi connectivity index (χ0) is 16.4. The van der Waals surface area contributed by atoms with Crippen molar-refractivity contribution in [3.8, 4) is 11.5 Å². The Balaban J connectivity index is 2.50. The van der Waals surface area contributed by atoms with E-state index >= 15 is 0 Å². The summed E-state index contributed by atoms with van der Waals surface area (Å²) in [4.78, 5) is 14.6. The van der Waals surface area contributed by atoms with Gasteiger partial charge in [-0.2, -0.15) is 0 Å². The Morgan fingerprint density at radius 3 is 2.23 bits per heavy atom. The lowest BCUT2D eigenvalue weighted by molar-refractivity contribution is -0.138. The number of rotatable bonds is 4. The number of fused-ring (bicyclic) bond motifs is 1. The number of nitrogens with zero attached hydrogens (tertiary/aromatic N) is 1. The maximum atomic E-state index is 12.6. The number of methoxy groups -OCH3 is 2. The van der Waals surface area contributed by atoms with Gasteiger partial charge in [0.1, 0.15) is 0 Å². The summed E-state index contributed by atoms with van der Waals surface area (Å²) in [5.41, 5.74) is 2.44. The van der Waals surface area contributed by atoms with Crippen molar-refractivity contribution in [1.82, 2.24) is 4.90 Å². The number of ether oxygens (including phenoxy) is 2. The van der Waals surface area contributed by atoms with Gasteiger partial charge >= 0.3 is 0 Å². The van der Waals surface area contributed by atoms with Crippen molar-refractivity contribution in [1.29, 1.82) is 0 Å². The zero-order valence-electron chi connectivity index (χ0n) is 14.5. The van der Waals surface area contributed by atoms with Gasteiger partial charge in [0, 0.05) is 12.5 Å². The molecule has 0 aliphatic carbocycles. The van der Waals surface area contributed by atoms with Crippen LogP contribution >= 0.6 is 0 Å². The van der Waals surface area contributed by atoms with Crippen molar-refractivity contribution in [2.75, 3.05) is 20.8 Å². The van der Waals surface area contributed by atoms with Crippen molar-refractivity contribution >= 4 is 5.91 Å². The summed E-state index contributed by atoms with van der Waals surface area (Å²) in [7, 11) is 3.30. The molecule has 1 aliphatic heterocycles. The standard InChI is InChI=1S/C18H27NO3/c1-11(2)17-14-10-16(22-6)15(21-5)9-13(14)7-8-19(17)18(20)12(3)4/h9-12,17H,7-8H2,1-6H3. The van der Waals surface area contributed by atoms with E-state index in [0.717, 1.165) is 24.5 Å². The summed E-state index contributed by atoms with van der Waals surface area (Å²) in [5.74, 6) is 2.07. The van der Waals surface area contributed by atoms with E-state index in [0.29, 0.717) is 5.92 Å². The van der Waals surface area contributed by atoms with E-state index < -0.39 is 0 Å². The molecule has 0 fully saturated rings. The molecule has 0 aromatic heterocycles. The van der Waals surface area contributed by atoms with Crippen LogP contribution in [-0.2, 0) is 11.2 Å². The molecule has 22 heavy (non-hydrogen) atoms. The minimum atomic E-state index is 0.0166. The quantitative estimate of drug-likeness (QED) is 0.855. The van der Waals surface area contributed by atoms with Gasteiger partial charge in [0.25, 0.3) is 0 Å². The Hall–Kier alpha value is -1.71. The smallest absolute Gasteiger partial charge is 0.225 e. The molecule has 0 saturated heterocycles. The highest BCUT2D eigenvalue weighted by molar-refractivity contribution is 5.79. The van der Waals surface area contributed by atoms with Gasteiger partial charge in [0.2, 0.25) is 5.91 Å². The molecule has 0 bridgehead atoms. The predicted molar refractivity (Wildman–Crippen MR) is 87.4 cm³/mol. The largest absolute Gasteiger partial charge is 0.493 e. The van der Waals surface area contributed by atoms with Crippen molar-refractivity contribution < 1.29 is 14.3 Å². The highest BCUT2D eigenvalue weighted by atomic mass is 16.5. The van der Waals surface area contributed by atoms with Crippen LogP contribution in [0.5, 0.6) is 11.5 Å². The van der Waals surface area contributed by atoms with Gasteiger partial charge in [0.05, 0.1) is 20.3 Å². The van der Waals surface area contributed by atoms with Crippen LogP contribution in [0.25, 0.3) is 0 Å². The van der Waals surface area contributed by atoms with Gasteiger partial charge in [-0.15, -0.1) is 0 Å². The maximum Gasteiger partial charge on any atom is 0.225 e. The van der Waals surface area contributed by atoms with Gasteiger partial charge in [-0.3, -0.25) is 4.79 Å². The lowest BCUT2D eigenvalue weighted by Crippen LogP contribution is -2.44. The fourth-order valence-corrected chi connectivity index (χ4v) is 3.27. The molecule has 1 unspecified atom stereocenters. The second-order valence-electron chi connectivity index (χ2n) is 6.53. The molecule has 2 rings (SSSR count). The molecule has 4 heteroatoms. The monoisotopic (exact) mass is 305 g/mol. The molecule has 1 amide bonds. The fourth-order valence-electron chi connectivity index (χ4n) is 3.27. The molecular weight excluding hydrogens is 278 g/mol. The Bertz CT molecular complexity index is 552. The molecule has 1 aromatic carbocycles. The molecule has 4 nitrogen and oxygen atoms in total. The number of carbonyl (C=O) groups is 1. The Labute approximate surface area is 133 Å². The van der Waals surface area contributed by atoms with E-state index in [1.807, 2.05) is 24.8 Å². The van der Waals surface area contributed by atoms with E-state index in [2.05, 4.69) is 19.9 Å². The third-order valence-corrected chi connectivity index (χ3v) is 4.33. The van der Waals surface area contributed by atoms with Gasteiger partial charge in [-0.05, 0) is 35.6 Å². The number of hydrogen-bond donors (Lipinski definition) is 0. The number of amides is 1. The molecule has 1 aromatic rings. The minimum absolute atomic E-state index is 0.0166. The molecule has 1 heterocycles. The highest BCUT2D eigenvalue weighted by Crippen LogP contribution is 2.41. The summed E-state index contributed by atoms with van der Waals surface area (Å²) in [6.45, 7) is 9.02. The Morgan fingerprint density at radius 2 is 1.73 bits per heavy atom. The minimum Gasteiger partial charge on any atom is -0.493 e. The van der Waals surface area contributed by atoms with Gasteiger partial charge in [-0.1, -0.05) is 27.7 Å². The summed E-state index contributed by atoms with van der Waals surface area (Å²) < 4.78 is 10.9. The number of carbonyl (C=O) groups excluding carboxylic acids is 1. The first-order valence-electron chi connectivity index (χ1n) is 7.96. The predicted octanol–water partition coefficient (Wildman–Crippen LogP) is 3.44. The third-order valence-electron chi connectivity index (χ3n) is 4.33. The molecule has 1 aliphatic rings. The average Bonchev–Trinajstić information content (AvgIpc) is 2.50. The second kappa shape index (κ2) is 6.59. The fraction of sp³-hybridized carbons (Fsp3) is 0.611. The lowest BCUT2D eigenvalue weighted by atomic mass is 9.85. The first-order chi connectivity index (χ1) is 10.4. The highest BCUT2D eigenvalue weighted by Gasteiger charge is 2.34.